The van der Waals surface area contributed by atoms with E-state index in [0.29, 0.717) is 11.3 Å². The summed E-state index contributed by atoms with van der Waals surface area (Å²) < 4.78 is 9.51. The second-order valence-corrected chi connectivity index (χ2v) is 5.45. The van der Waals surface area contributed by atoms with Gasteiger partial charge in [0.15, 0.2) is 6.61 Å². The second-order valence-electron chi connectivity index (χ2n) is 5.45. The molecule has 9 heteroatoms. The van der Waals surface area contributed by atoms with E-state index in [0.717, 1.165) is 0 Å². The summed E-state index contributed by atoms with van der Waals surface area (Å²) >= 11 is 0. The van der Waals surface area contributed by atoms with Gasteiger partial charge >= 0.3 is 11.9 Å². The first kappa shape index (κ1) is 19.6. The maximum Gasteiger partial charge on any atom is 0.338 e. The van der Waals surface area contributed by atoms with E-state index in [1.165, 1.54) is 37.4 Å². The van der Waals surface area contributed by atoms with Crippen LogP contribution in [-0.4, -0.2) is 36.5 Å². The van der Waals surface area contributed by atoms with Gasteiger partial charge in [-0.3, -0.25) is 14.9 Å². The fraction of sp³-hybridized carbons (Fsp3) is 0.167. The van der Waals surface area contributed by atoms with Gasteiger partial charge in [0.2, 0.25) is 0 Å². The van der Waals surface area contributed by atoms with Gasteiger partial charge in [-0.1, -0.05) is 6.07 Å². The summed E-state index contributed by atoms with van der Waals surface area (Å²) in [6, 6.07) is 9.47. The molecule has 27 heavy (non-hydrogen) atoms. The summed E-state index contributed by atoms with van der Waals surface area (Å²) in [5, 5.41) is 13.1. The number of nitro groups is 1. The third-order valence-corrected chi connectivity index (χ3v) is 3.58. The number of nitro benzene ring substituents is 1. The molecule has 2 aromatic carbocycles. The van der Waals surface area contributed by atoms with Crippen LogP contribution in [0, 0.1) is 17.0 Å². The van der Waals surface area contributed by atoms with Gasteiger partial charge in [0.1, 0.15) is 0 Å². The molecule has 0 aliphatic heterocycles. The van der Waals surface area contributed by atoms with E-state index < -0.39 is 29.4 Å². The predicted molar refractivity (Wildman–Crippen MR) is 94.5 cm³/mol. The molecule has 0 aliphatic rings. The van der Waals surface area contributed by atoms with Crippen molar-refractivity contribution in [3.8, 4) is 0 Å². The highest BCUT2D eigenvalue weighted by molar-refractivity contribution is 5.97. The van der Waals surface area contributed by atoms with Gasteiger partial charge < -0.3 is 14.8 Å². The monoisotopic (exact) mass is 372 g/mol. The molecule has 0 fully saturated rings. The molecule has 140 valence electrons. The topological polar surface area (TPSA) is 125 Å². The van der Waals surface area contributed by atoms with E-state index in [1.807, 2.05) is 0 Å². The zero-order valence-corrected chi connectivity index (χ0v) is 14.6. The zero-order valence-electron chi connectivity index (χ0n) is 14.6. The van der Waals surface area contributed by atoms with Crippen molar-refractivity contribution in [2.75, 3.05) is 19.0 Å². The molecule has 0 aliphatic carbocycles. The molecule has 0 heterocycles. The van der Waals surface area contributed by atoms with Crippen LogP contribution in [0.3, 0.4) is 0 Å². The highest BCUT2D eigenvalue weighted by Crippen LogP contribution is 2.18. The lowest BCUT2D eigenvalue weighted by atomic mass is 10.1. The van der Waals surface area contributed by atoms with Crippen LogP contribution in [-0.2, 0) is 14.3 Å². The molecule has 0 bridgehead atoms. The molecule has 9 nitrogen and oxygen atoms in total. The standard InChI is InChI=1S/C18H16N2O7/c1-11-3-4-13(17(22)26-2)9-15(11)19-16(21)10-27-18(23)12-5-7-14(8-6-12)20(24)25/h3-9H,10H2,1-2H3,(H,19,21). The summed E-state index contributed by atoms with van der Waals surface area (Å²) in [6.45, 7) is 1.18. The zero-order chi connectivity index (χ0) is 20.0. The van der Waals surface area contributed by atoms with Crippen LogP contribution in [0.25, 0.3) is 0 Å². The number of benzene rings is 2. The minimum atomic E-state index is -0.792. The highest BCUT2D eigenvalue weighted by atomic mass is 16.6. The largest absolute Gasteiger partial charge is 0.465 e. The van der Waals surface area contributed by atoms with Crippen molar-refractivity contribution in [1.82, 2.24) is 0 Å². The van der Waals surface area contributed by atoms with Crippen molar-refractivity contribution >= 4 is 29.2 Å². The minimum Gasteiger partial charge on any atom is -0.465 e. The number of hydrogen-bond acceptors (Lipinski definition) is 7. The number of nitrogens with one attached hydrogen (secondary N) is 1. The Bertz CT molecular complexity index is 891. The second kappa shape index (κ2) is 8.56. The molecule has 0 saturated carbocycles. The average molecular weight is 372 g/mol. The minimum absolute atomic E-state index is 0.0808. The van der Waals surface area contributed by atoms with Crippen molar-refractivity contribution in [3.63, 3.8) is 0 Å². The third-order valence-electron chi connectivity index (χ3n) is 3.58. The van der Waals surface area contributed by atoms with Gasteiger partial charge in [0.05, 0.1) is 23.2 Å². The number of aryl methyl sites for hydroxylation is 1. The maximum atomic E-state index is 12.0. The van der Waals surface area contributed by atoms with E-state index >= 15 is 0 Å². The molecule has 0 unspecified atom stereocenters. The van der Waals surface area contributed by atoms with Crippen LogP contribution in [0.1, 0.15) is 26.3 Å². The number of carbonyl (C=O) groups excluding carboxylic acids is 3. The van der Waals surface area contributed by atoms with Gasteiger partial charge in [-0.25, -0.2) is 9.59 Å². The van der Waals surface area contributed by atoms with Crippen LogP contribution >= 0.6 is 0 Å². The normalized spacial score (nSPS) is 10.0. The van der Waals surface area contributed by atoms with Gasteiger partial charge in [0.25, 0.3) is 11.6 Å². The molecule has 0 atom stereocenters. The number of methoxy groups -OCH3 is 1. The molecule has 0 saturated heterocycles. The van der Waals surface area contributed by atoms with Crippen LogP contribution in [0.2, 0.25) is 0 Å². The number of nitrogens with zero attached hydrogens (tertiary/aromatic N) is 1. The predicted octanol–water partition coefficient (Wildman–Crippen LogP) is 2.49. The Kier molecular flexibility index (Phi) is 6.21. The molecule has 1 N–H and O–H groups in total. The third kappa shape index (κ3) is 5.11. The number of anilines is 1. The Morgan fingerprint density at radius 2 is 1.67 bits per heavy atom. The number of esters is 2. The first-order chi connectivity index (χ1) is 12.8. The summed E-state index contributed by atoms with van der Waals surface area (Å²) in [5.74, 6) is -1.94. The van der Waals surface area contributed by atoms with Crippen LogP contribution in [0.5, 0.6) is 0 Å². The first-order valence-electron chi connectivity index (χ1n) is 7.72. The average Bonchev–Trinajstić information content (AvgIpc) is 2.67. The molecule has 0 aromatic heterocycles. The molecule has 0 radical (unpaired) electrons. The van der Waals surface area contributed by atoms with Gasteiger partial charge in [-0.05, 0) is 36.8 Å². The molecular formula is C18H16N2O7. The van der Waals surface area contributed by atoms with Crippen LogP contribution < -0.4 is 5.32 Å². The van der Waals surface area contributed by atoms with E-state index in [-0.39, 0.29) is 16.8 Å². The Hall–Kier alpha value is -3.75. The maximum absolute atomic E-state index is 12.0. The van der Waals surface area contributed by atoms with E-state index in [1.54, 1.807) is 19.1 Å². The van der Waals surface area contributed by atoms with Crippen molar-refractivity contribution < 1.29 is 28.8 Å². The molecule has 0 spiro atoms. The van der Waals surface area contributed by atoms with Crippen LogP contribution in [0.15, 0.2) is 42.5 Å². The van der Waals surface area contributed by atoms with Crippen molar-refractivity contribution in [2.24, 2.45) is 0 Å². The lowest BCUT2D eigenvalue weighted by Gasteiger charge is -2.10. The van der Waals surface area contributed by atoms with Crippen molar-refractivity contribution in [3.05, 3.63) is 69.3 Å². The summed E-state index contributed by atoms with van der Waals surface area (Å²) in [4.78, 5) is 45.5. The Morgan fingerprint density at radius 1 is 1.04 bits per heavy atom. The van der Waals surface area contributed by atoms with Crippen LogP contribution in [0.4, 0.5) is 11.4 Å². The Morgan fingerprint density at radius 3 is 2.26 bits per heavy atom. The summed E-state index contributed by atoms with van der Waals surface area (Å²) in [7, 11) is 1.25. The fourth-order valence-electron chi connectivity index (χ4n) is 2.12. The van der Waals surface area contributed by atoms with E-state index in [9.17, 15) is 24.5 Å². The lowest BCUT2D eigenvalue weighted by Crippen LogP contribution is -2.21. The summed E-state index contributed by atoms with van der Waals surface area (Å²) in [5.41, 5.74) is 1.27. The number of non-ortho nitro benzene ring substituents is 1. The van der Waals surface area contributed by atoms with Gasteiger partial charge in [-0.15, -0.1) is 0 Å². The number of carbonyl (C=O) groups is 3. The smallest absolute Gasteiger partial charge is 0.338 e. The molecular weight excluding hydrogens is 356 g/mol. The SMILES string of the molecule is COC(=O)c1ccc(C)c(NC(=O)COC(=O)c2ccc([N+](=O)[O-])cc2)c1. The lowest BCUT2D eigenvalue weighted by molar-refractivity contribution is -0.384. The van der Waals surface area contributed by atoms with E-state index in [4.69, 9.17) is 4.74 Å². The van der Waals surface area contributed by atoms with Crippen molar-refractivity contribution in [1.29, 1.82) is 0 Å². The summed E-state index contributed by atoms with van der Waals surface area (Å²) in [6.07, 6.45) is 0. The van der Waals surface area contributed by atoms with E-state index in [2.05, 4.69) is 10.1 Å². The first-order valence-corrected chi connectivity index (χ1v) is 7.72. The number of hydrogen-bond donors (Lipinski definition) is 1. The van der Waals surface area contributed by atoms with Gasteiger partial charge in [0, 0.05) is 17.8 Å². The highest BCUT2D eigenvalue weighted by Gasteiger charge is 2.14. The Balaban J connectivity index is 1.97. The quantitative estimate of drug-likeness (QED) is 0.469. The molecule has 1 amide bonds. The Labute approximate surface area is 154 Å². The van der Waals surface area contributed by atoms with Crippen molar-refractivity contribution in [2.45, 2.75) is 6.92 Å². The molecule has 2 aromatic rings. The fourth-order valence-corrected chi connectivity index (χ4v) is 2.12. The number of rotatable bonds is 6. The number of ether oxygens (including phenoxy) is 2. The number of amides is 1. The molecule has 2 rings (SSSR count). The van der Waals surface area contributed by atoms with Gasteiger partial charge in [-0.2, -0.15) is 0 Å².